The van der Waals surface area contributed by atoms with Crippen LogP contribution in [0.15, 0.2) is 12.2 Å². The van der Waals surface area contributed by atoms with Crippen molar-refractivity contribution in [2.24, 2.45) is 17.8 Å². The summed E-state index contributed by atoms with van der Waals surface area (Å²) >= 11 is 2.02. The van der Waals surface area contributed by atoms with Gasteiger partial charge in [0.25, 0.3) is 0 Å². The molecule has 12 heavy (non-hydrogen) atoms. The Labute approximate surface area is 88.2 Å². The number of hydrogen-bond acceptors (Lipinski definition) is 1. The fourth-order valence-electron chi connectivity index (χ4n) is 2.46. The van der Waals surface area contributed by atoms with Crippen LogP contribution in [0.25, 0.3) is 0 Å². The van der Waals surface area contributed by atoms with E-state index in [-0.39, 0.29) is 0 Å². The van der Waals surface area contributed by atoms with Crippen molar-refractivity contribution < 1.29 is 3.07 Å². The van der Waals surface area contributed by atoms with Crippen molar-refractivity contribution in [1.29, 1.82) is 0 Å². The molecule has 0 N–H and O–H groups in total. The van der Waals surface area contributed by atoms with Crippen molar-refractivity contribution >= 4 is 23.0 Å². The van der Waals surface area contributed by atoms with Crippen LogP contribution < -0.4 is 0 Å². The van der Waals surface area contributed by atoms with Crippen LogP contribution >= 0.6 is 23.0 Å². The lowest BCUT2D eigenvalue weighted by molar-refractivity contribution is 0.376. The van der Waals surface area contributed by atoms with Crippen LogP contribution in [0.5, 0.6) is 0 Å². The van der Waals surface area contributed by atoms with E-state index in [1.807, 2.05) is 23.0 Å². The molecular weight excluding hydrogens is 263 g/mol. The van der Waals surface area contributed by atoms with Crippen LogP contribution in [0.2, 0.25) is 0 Å². The third-order valence-electron chi connectivity index (χ3n) is 3.25. The fourth-order valence-corrected chi connectivity index (χ4v) is 2.88. The Hall–Kier alpha value is 0.430. The lowest BCUT2D eigenvalue weighted by atomic mass is 10.1. The average molecular weight is 278 g/mol. The van der Waals surface area contributed by atoms with Crippen molar-refractivity contribution in [3.8, 4) is 0 Å². The summed E-state index contributed by atoms with van der Waals surface area (Å²) in [6.07, 6.45) is 10.1. The van der Waals surface area contributed by atoms with Gasteiger partial charge in [-0.1, -0.05) is 12.2 Å². The highest BCUT2D eigenvalue weighted by molar-refractivity contribution is 14.1. The molecule has 0 aromatic carbocycles. The van der Waals surface area contributed by atoms with Crippen LogP contribution in [0, 0.1) is 17.8 Å². The molecule has 2 rings (SSSR count). The minimum atomic E-state index is 0.879. The lowest BCUT2D eigenvalue weighted by Gasteiger charge is -1.99. The minimum absolute atomic E-state index is 0.879. The molecule has 2 aliphatic carbocycles. The van der Waals surface area contributed by atoms with Crippen LogP contribution in [0.1, 0.15) is 25.7 Å². The van der Waals surface area contributed by atoms with E-state index < -0.39 is 0 Å². The minimum Gasteiger partial charge on any atom is -0.315 e. The molecule has 68 valence electrons. The van der Waals surface area contributed by atoms with E-state index in [0.717, 1.165) is 24.4 Å². The maximum Gasteiger partial charge on any atom is 0.109 e. The molecular formula is C10H15IO. The first-order chi connectivity index (χ1) is 5.93. The summed E-state index contributed by atoms with van der Waals surface area (Å²) in [5.74, 6) is 2.82. The highest BCUT2D eigenvalue weighted by Crippen LogP contribution is 2.52. The molecule has 0 aromatic rings. The Morgan fingerprint density at radius 2 is 2.25 bits per heavy atom. The Morgan fingerprint density at radius 1 is 1.33 bits per heavy atom. The van der Waals surface area contributed by atoms with E-state index in [9.17, 15) is 0 Å². The smallest absolute Gasteiger partial charge is 0.109 e. The van der Waals surface area contributed by atoms with Crippen molar-refractivity contribution in [2.75, 3.05) is 6.61 Å². The largest absolute Gasteiger partial charge is 0.315 e. The lowest BCUT2D eigenvalue weighted by Crippen LogP contribution is -1.90. The Kier molecular flexibility index (Phi) is 3.07. The molecule has 0 spiro atoms. The zero-order valence-corrected chi connectivity index (χ0v) is 9.37. The predicted molar refractivity (Wildman–Crippen MR) is 58.1 cm³/mol. The van der Waals surface area contributed by atoms with Crippen molar-refractivity contribution in [3.63, 3.8) is 0 Å². The van der Waals surface area contributed by atoms with Crippen LogP contribution in [0.3, 0.4) is 0 Å². The summed E-state index contributed by atoms with van der Waals surface area (Å²) in [7, 11) is 0. The summed E-state index contributed by atoms with van der Waals surface area (Å²) in [5.41, 5.74) is 0. The standard InChI is InChI=1S/C10H15IO/c11-12-7-10-8-5-3-1-2-4-6-9(8)10/h1,3,8-10H,2,4-7H2/b3-1+. The van der Waals surface area contributed by atoms with E-state index >= 15 is 0 Å². The Balaban J connectivity index is 1.87. The van der Waals surface area contributed by atoms with Gasteiger partial charge in [-0.25, -0.2) is 0 Å². The van der Waals surface area contributed by atoms with E-state index in [0.29, 0.717) is 0 Å². The fraction of sp³-hybridized carbons (Fsp3) is 0.800. The first kappa shape index (κ1) is 9.00. The van der Waals surface area contributed by atoms with Gasteiger partial charge in [-0.15, -0.1) is 0 Å². The molecule has 3 atom stereocenters. The van der Waals surface area contributed by atoms with Gasteiger partial charge in [0.05, 0.1) is 6.61 Å². The molecule has 3 unspecified atom stereocenters. The van der Waals surface area contributed by atoms with Gasteiger partial charge in [-0.2, -0.15) is 0 Å². The van der Waals surface area contributed by atoms with Gasteiger partial charge in [0.2, 0.25) is 0 Å². The molecule has 2 heteroatoms. The van der Waals surface area contributed by atoms with Gasteiger partial charge in [-0.05, 0) is 43.4 Å². The molecule has 0 aromatic heterocycles. The zero-order valence-electron chi connectivity index (χ0n) is 7.21. The summed E-state index contributed by atoms with van der Waals surface area (Å²) in [6.45, 7) is 0.976. The van der Waals surface area contributed by atoms with Crippen molar-refractivity contribution in [3.05, 3.63) is 12.2 Å². The molecule has 1 saturated carbocycles. The number of fused-ring (bicyclic) bond motifs is 1. The molecule has 0 bridgehead atoms. The molecule has 0 saturated heterocycles. The maximum atomic E-state index is 5.19. The Morgan fingerprint density at radius 3 is 3.08 bits per heavy atom. The molecule has 1 nitrogen and oxygen atoms in total. The number of halogens is 1. The number of hydrogen-bond donors (Lipinski definition) is 0. The highest BCUT2D eigenvalue weighted by Gasteiger charge is 2.48. The maximum absolute atomic E-state index is 5.19. The SMILES string of the molecule is IOCC1C2C/C=C/CCCC21. The topological polar surface area (TPSA) is 9.23 Å². The van der Waals surface area contributed by atoms with Crippen LogP contribution in [-0.4, -0.2) is 6.61 Å². The first-order valence-electron chi connectivity index (χ1n) is 4.82. The van der Waals surface area contributed by atoms with Gasteiger partial charge < -0.3 is 3.07 Å². The highest BCUT2D eigenvalue weighted by atomic mass is 127. The summed E-state index contributed by atoms with van der Waals surface area (Å²) in [6, 6.07) is 0. The second-order valence-electron chi connectivity index (χ2n) is 3.91. The van der Waals surface area contributed by atoms with Gasteiger partial charge >= 0.3 is 0 Å². The zero-order chi connectivity index (χ0) is 8.39. The molecule has 0 heterocycles. The second kappa shape index (κ2) is 4.09. The molecule has 0 radical (unpaired) electrons. The van der Waals surface area contributed by atoms with E-state index in [2.05, 4.69) is 12.2 Å². The quantitative estimate of drug-likeness (QED) is 0.556. The van der Waals surface area contributed by atoms with Gasteiger partial charge in [0.15, 0.2) is 0 Å². The molecule has 0 amide bonds. The van der Waals surface area contributed by atoms with Crippen molar-refractivity contribution in [2.45, 2.75) is 25.7 Å². The molecule has 1 fully saturated rings. The Bertz CT molecular complexity index is 175. The van der Waals surface area contributed by atoms with Crippen molar-refractivity contribution in [1.82, 2.24) is 0 Å². The summed E-state index contributed by atoms with van der Waals surface area (Å²) < 4.78 is 5.19. The third kappa shape index (κ3) is 1.84. The van der Waals surface area contributed by atoms with E-state index in [4.69, 9.17) is 3.07 Å². The molecule has 2 aliphatic rings. The van der Waals surface area contributed by atoms with Gasteiger partial charge in [-0.3, -0.25) is 0 Å². The normalized spacial score (nSPS) is 42.6. The van der Waals surface area contributed by atoms with Crippen LogP contribution in [-0.2, 0) is 3.07 Å². The summed E-state index contributed by atoms with van der Waals surface area (Å²) in [5, 5.41) is 0. The van der Waals surface area contributed by atoms with Gasteiger partial charge in [0.1, 0.15) is 23.0 Å². The third-order valence-corrected chi connectivity index (χ3v) is 3.61. The van der Waals surface area contributed by atoms with Gasteiger partial charge in [0, 0.05) is 0 Å². The second-order valence-corrected chi connectivity index (χ2v) is 4.53. The van der Waals surface area contributed by atoms with E-state index in [1.165, 1.54) is 25.7 Å². The first-order valence-corrected chi connectivity index (χ1v) is 5.70. The van der Waals surface area contributed by atoms with E-state index in [1.54, 1.807) is 0 Å². The predicted octanol–water partition coefficient (Wildman–Crippen LogP) is 3.35. The average Bonchev–Trinajstić information content (AvgIpc) is 2.61. The van der Waals surface area contributed by atoms with Crippen LogP contribution in [0.4, 0.5) is 0 Å². The summed E-state index contributed by atoms with van der Waals surface area (Å²) in [4.78, 5) is 0. The molecule has 0 aliphatic heterocycles. The number of rotatable bonds is 2. The number of allylic oxidation sites excluding steroid dienone is 2. The monoisotopic (exact) mass is 278 g/mol.